The first kappa shape index (κ1) is 12.6. The predicted octanol–water partition coefficient (Wildman–Crippen LogP) is 1.57. The Balaban J connectivity index is 1.96. The van der Waals surface area contributed by atoms with E-state index in [9.17, 15) is 4.79 Å². The van der Waals surface area contributed by atoms with E-state index in [4.69, 9.17) is 11.0 Å². The van der Waals surface area contributed by atoms with E-state index >= 15 is 0 Å². The summed E-state index contributed by atoms with van der Waals surface area (Å²) >= 11 is 0. The third-order valence-corrected chi connectivity index (χ3v) is 3.46. The molecule has 0 spiro atoms. The van der Waals surface area contributed by atoms with Crippen LogP contribution in [0.1, 0.15) is 35.2 Å². The molecule has 1 fully saturated rings. The Morgan fingerprint density at radius 1 is 1.50 bits per heavy atom. The molecule has 2 rings (SSSR count). The highest BCUT2D eigenvalue weighted by molar-refractivity contribution is 5.92. The Kier molecular flexibility index (Phi) is 3.96. The van der Waals surface area contributed by atoms with Crippen LogP contribution < -0.4 is 11.1 Å². The largest absolute Gasteiger partial charge is 0.366 e. The Hall–Kier alpha value is -1.86. The molecule has 0 radical (unpaired) electrons. The lowest BCUT2D eigenvalue weighted by Gasteiger charge is -2.15. The van der Waals surface area contributed by atoms with Gasteiger partial charge in [0.15, 0.2) is 0 Å². The van der Waals surface area contributed by atoms with Gasteiger partial charge in [0.25, 0.3) is 0 Å². The van der Waals surface area contributed by atoms with Crippen molar-refractivity contribution in [2.24, 2.45) is 11.7 Å². The van der Waals surface area contributed by atoms with E-state index in [1.165, 1.54) is 0 Å². The lowest BCUT2D eigenvalue weighted by Crippen LogP contribution is -2.31. The standard InChI is InChI=1S/C14H17N3O/c15-8-12-5-2-6-13(12)17-9-10-3-1-4-11(7-10)14(16)18/h1,3-4,7,12-13,17H,2,5-6,9H2,(H2,16,18). The zero-order valence-electron chi connectivity index (χ0n) is 10.2. The van der Waals surface area contributed by atoms with Crippen molar-refractivity contribution in [3.8, 4) is 6.07 Å². The normalized spacial score (nSPS) is 22.6. The van der Waals surface area contributed by atoms with E-state index in [2.05, 4.69) is 11.4 Å². The molecule has 1 aromatic rings. The Bertz CT molecular complexity index is 478. The third-order valence-electron chi connectivity index (χ3n) is 3.46. The molecule has 0 saturated heterocycles. The van der Waals surface area contributed by atoms with Crippen molar-refractivity contribution in [2.45, 2.75) is 31.8 Å². The van der Waals surface area contributed by atoms with Gasteiger partial charge in [0.05, 0.1) is 12.0 Å². The van der Waals surface area contributed by atoms with Crippen LogP contribution in [-0.4, -0.2) is 11.9 Å². The zero-order valence-corrected chi connectivity index (χ0v) is 10.2. The summed E-state index contributed by atoms with van der Waals surface area (Å²) in [7, 11) is 0. The highest BCUT2D eigenvalue weighted by Crippen LogP contribution is 2.25. The van der Waals surface area contributed by atoms with Crippen LogP contribution >= 0.6 is 0 Å². The van der Waals surface area contributed by atoms with Crippen LogP contribution in [0, 0.1) is 17.2 Å². The number of nitrogens with zero attached hydrogens (tertiary/aromatic N) is 1. The van der Waals surface area contributed by atoms with Gasteiger partial charge in [0.2, 0.25) is 5.91 Å². The van der Waals surface area contributed by atoms with Gasteiger partial charge in [-0.05, 0) is 30.5 Å². The Morgan fingerprint density at radius 2 is 2.33 bits per heavy atom. The number of amides is 1. The van der Waals surface area contributed by atoms with E-state index < -0.39 is 5.91 Å². The summed E-state index contributed by atoms with van der Waals surface area (Å²) in [5.74, 6) is -0.294. The maximum absolute atomic E-state index is 11.1. The molecule has 4 heteroatoms. The minimum Gasteiger partial charge on any atom is -0.366 e. The van der Waals surface area contributed by atoms with Gasteiger partial charge in [0, 0.05) is 18.2 Å². The van der Waals surface area contributed by atoms with Crippen molar-refractivity contribution < 1.29 is 4.79 Å². The monoisotopic (exact) mass is 243 g/mol. The first-order chi connectivity index (χ1) is 8.70. The third kappa shape index (κ3) is 2.88. The van der Waals surface area contributed by atoms with E-state index in [-0.39, 0.29) is 12.0 Å². The second kappa shape index (κ2) is 5.65. The van der Waals surface area contributed by atoms with Gasteiger partial charge in [-0.15, -0.1) is 0 Å². The number of hydrogen-bond acceptors (Lipinski definition) is 3. The van der Waals surface area contributed by atoms with Crippen molar-refractivity contribution in [1.29, 1.82) is 5.26 Å². The van der Waals surface area contributed by atoms with Crippen LogP contribution in [0.3, 0.4) is 0 Å². The Morgan fingerprint density at radius 3 is 3.06 bits per heavy atom. The van der Waals surface area contributed by atoms with Gasteiger partial charge in [0.1, 0.15) is 0 Å². The molecule has 1 aliphatic rings. The molecule has 2 unspecified atom stereocenters. The molecule has 1 amide bonds. The van der Waals surface area contributed by atoms with Crippen molar-refractivity contribution in [1.82, 2.24) is 5.32 Å². The second-order valence-electron chi connectivity index (χ2n) is 4.72. The maximum atomic E-state index is 11.1. The zero-order chi connectivity index (χ0) is 13.0. The molecule has 94 valence electrons. The molecule has 1 aromatic carbocycles. The van der Waals surface area contributed by atoms with Gasteiger partial charge in [-0.25, -0.2) is 0 Å². The molecule has 1 saturated carbocycles. The average Bonchev–Trinajstić information content (AvgIpc) is 2.84. The summed E-state index contributed by atoms with van der Waals surface area (Å²) < 4.78 is 0. The van der Waals surface area contributed by atoms with Crippen LogP contribution in [0.15, 0.2) is 24.3 Å². The van der Waals surface area contributed by atoms with Crippen molar-refractivity contribution >= 4 is 5.91 Å². The summed E-state index contributed by atoms with van der Waals surface area (Å²) in [5, 5.41) is 12.4. The number of carbonyl (C=O) groups is 1. The maximum Gasteiger partial charge on any atom is 0.248 e. The number of rotatable bonds is 4. The number of nitriles is 1. The highest BCUT2D eigenvalue weighted by atomic mass is 16.1. The summed E-state index contributed by atoms with van der Waals surface area (Å²) in [6, 6.07) is 9.90. The lowest BCUT2D eigenvalue weighted by atomic mass is 10.0. The molecule has 0 aliphatic heterocycles. The second-order valence-corrected chi connectivity index (χ2v) is 4.72. The fourth-order valence-electron chi connectivity index (χ4n) is 2.44. The van der Waals surface area contributed by atoms with Crippen molar-refractivity contribution in [3.05, 3.63) is 35.4 Å². The molecule has 2 atom stereocenters. The van der Waals surface area contributed by atoms with E-state index in [1.54, 1.807) is 12.1 Å². The molecule has 0 aromatic heterocycles. The smallest absolute Gasteiger partial charge is 0.248 e. The molecule has 1 aliphatic carbocycles. The lowest BCUT2D eigenvalue weighted by molar-refractivity contribution is 0.1000. The molecule has 0 heterocycles. The minimum absolute atomic E-state index is 0.115. The summed E-state index contributed by atoms with van der Waals surface area (Å²) in [5.41, 5.74) is 6.79. The molecule has 4 nitrogen and oxygen atoms in total. The SMILES string of the molecule is N#CC1CCCC1NCc1cccc(C(N)=O)c1. The fourth-order valence-corrected chi connectivity index (χ4v) is 2.44. The first-order valence-electron chi connectivity index (χ1n) is 6.22. The van der Waals surface area contributed by atoms with Gasteiger partial charge in [-0.3, -0.25) is 4.79 Å². The van der Waals surface area contributed by atoms with Crippen LogP contribution in [0.5, 0.6) is 0 Å². The topological polar surface area (TPSA) is 78.9 Å². The number of primary amides is 1. The highest BCUT2D eigenvalue weighted by Gasteiger charge is 2.26. The molecule has 18 heavy (non-hydrogen) atoms. The molecule has 0 bridgehead atoms. The number of benzene rings is 1. The van der Waals surface area contributed by atoms with E-state index in [1.807, 2.05) is 12.1 Å². The molecular weight excluding hydrogens is 226 g/mol. The summed E-state index contributed by atoms with van der Waals surface area (Å²) in [6.07, 6.45) is 3.14. The number of hydrogen-bond donors (Lipinski definition) is 2. The van der Waals surface area contributed by atoms with E-state index in [0.29, 0.717) is 12.1 Å². The average molecular weight is 243 g/mol. The number of nitrogens with two attached hydrogens (primary N) is 1. The van der Waals surface area contributed by atoms with Crippen molar-refractivity contribution in [3.63, 3.8) is 0 Å². The van der Waals surface area contributed by atoms with Crippen LogP contribution in [0.2, 0.25) is 0 Å². The van der Waals surface area contributed by atoms with Gasteiger partial charge in [-0.1, -0.05) is 18.6 Å². The first-order valence-corrected chi connectivity index (χ1v) is 6.22. The van der Waals surface area contributed by atoms with Gasteiger partial charge in [-0.2, -0.15) is 5.26 Å². The quantitative estimate of drug-likeness (QED) is 0.842. The molecule has 3 N–H and O–H groups in total. The summed E-state index contributed by atoms with van der Waals surface area (Å²) in [6.45, 7) is 0.671. The van der Waals surface area contributed by atoms with Crippen LogP contribution in [-0.2, 0) is 6.54 Å². The fraction of sp³-hybridized carbons (Fsp3) is 0.429. The molecular formula is C14H17N3O. The van der Waals surface area contributed by atoms with Crippen molar-refractivity contribution in [2.75, 3.05) is 0 Å². The number of nitrogens with one attached hydrogen (secondary N) is 1. The van der Waals surface area contributed by atoms with Gasteiger partial charge >= 0.3 is 0 Å². The van der Waals surface area contributed by atoms with Crippen LogP contribution in [0.25, 0.3) is 0 Å². The van der Waals surface area contributed by atoms with Crippen LogP contribution in [0.4, 0.5) is 0 Å². The predicted molar refractivity (Wildman–Crippen MR) is 68.5 cm³/mol. The van der Waals surface area contributed by atoms with E-state index in [0.717, 1.165) is 24.8 Å². The minimum atomic E-state index is -0.410. The Labute approximate surface area is 107 Å². The van der Waals surface area contributed by atoms with Gasteiger partial charge < -0.3 is 11.1 Å². The number of carbonyl (C=O) groups excluding carboxylic acids is 1. The summed E-state index contributed by atoms with van der Waals surface area (Å²) in [4.78, 5) is 11.1.